The van der Waals surface area contributed by atoms with Crippen molar-refractivity contribution in [3.63, 3.8) is 0 Å². The fourth-order valence-electron chi connectivity index (χ4n) is 1.87. The minimum absolute atomic E-state index is 0.0323. The van der Waals surface area contributed by atoms with Crippen LogP contribution in [0, 0.1) is 0 Å². The lowest BCUT2D eigenvalue weighted by Crippen LogP contribution is -2.23. The maximum absolute atomic E-state index is 12.2. The molecule has 0 saturated heterocycles. The first kappa shape index (κ1) is 16.8. The molecule has 1 unspecified atom stereocenters. The third-order valence-electron chi connectivity index (χ3n) is 2.71. The monoisotopic (exact) mass is 307 g/mol. The van der Waals surface area contributed by atoms with Crippen molar-refractivity contribution < 1.29 is 21.9 Å². The summed E-state index contributed by atoms with van der Waals surface area (Å²) in [5.41, 5.74) is 0.730. The van der Waals surface area contributed by atoms with E-state index in [2.05, 4.69) is 10.1 Å². The van der Waals surface area contributed by atoms with E-state index in [1.807, 2.05) is 6.92 Å². The van der Waals surface area contributed by atoms with Gasteiger partial charge in [0.2, 0.25) is 0 Å². The van der Waals surface area contributed by atoms with Crippen molar-refractivity contribution in [2.24, 2.45) is 0 Å². The predicted molar refractivity (Wildman–Crippen MR) is 73.8 cm³/mol. The Hall–Kier alpha value is -1.21. The van der Waals surface area contributed by atoms with Crippen LogP contribution in [0.3, 0.4) is 0 Å². The summed E-state index contributed by atoms with van der Waals surface area (Å²) in [5, 5.41) is 3.14. The van der Waals surface area contributed by atoms with E-state index in [-0.39, 0.29) is 17.5 Å². The Morgan fingerprint density at radius 3 is 2.60 bits per heavy atom. The normalized spacial score (nSPS) is 13.4. The van der Waals surface area contributed by atoms with Crippen molar-refractivity contribution in [3.05, 3.63) is 29.8 Å². The fourth-order valence-corrected chi connectivity index (χ4v) is 2.54. The van der Waals surface area contributed by atoms with Crippen LogP contribution in [0.2, 0.25) is 0 Å². The highest BCUT2D eigenvalue weighted by Gasteiger charge is 2.15. The molecular formula is C13H19F2NO3S. The van der Waals surface area contributed by atoms with Gasteiger partial charge in [-0.3, -0.25) is 0 Å². The summed E-state index contributed by atoms with van der Waals surface area (Å²) >= 11 is 0. The average molecular weight is 307 g/mol. The second-order valence-electron chi connectivity index (χ2n) is 4.48. The second-order valence-corrected chi connectivity index (χ2v) is 6.74. The number of ether oxygens (including phenoxy) is 1. The molecule has 0 saturated carbocycles. The van der Waals surface area contributed by atoms with Crippen molar-refractivity contribution >= 4 is 9.84 Å². The molecular weight excluding hydrogens is 288 g/mol. The van der Waals surface area contributed by atoms with Gasteiger partial charge in [0.25, 0.3) is 0 Å². The highest BCUT2D eigenvalue weighted by atomic mass is 32.2. The van der Waals surface area contributed by atoms with Crippen LogP contribution in [-0.2, 0) is 9.84 Å². The zero-order valence-corrected chi connectivity index (χ0v) is 12.3. The smallest absolute Gasteiger partial charge is 0.387 e. The van der Waals surface area contributed by atoms with Crippen LogP contribution < -0.4 is 10.1 Å². The van der Waals surface area contributed by atoms with E-state index < -0.39 is 16.4 Å². The largest absolute Gasteiger partial charge is 0.435 e. The van der Waals surface area contributed by atoms with E-state index in [0.717, 1.165) is 5.56 Å². The summed E-state index contributed by atoms with van der Waals surface area (Å²) in [5.74, 6) is 0.102. The lowest BCUT2D eigenvalue weighted by molar-refractivity contribution is -0.0499. The highest BCUT2D eigenvalue weighted by molar-refractivity contribution is 7.90. The molecule has 0 heterocycles. The summed E-state index contributed by atoms with van der Waals surface area (Å²) in [6.45, 7) is -0.333. The van der Waals surface area contributed by atoms with E-state index >= 15 is 0 Å². The third-order valence-corrected chi connectivity index (χ3v) is 3.69. The molecule has 0 amide bonds. The van der Waals surface area contributed by atoms with Gasteiger partial charge in [-0.1, -0.05) is 19.1 Å². The molecule has 0 aliphatic carbocycles. The molecule has 0 aliphatic rings. The van der Waals surface area contributed by atoms with Crippen LogP contribution in [0.4, 0.5) is 8.78 Å². The highest BCUT2D eigenvalue weighted by Crippen LogP contribution is 2.23. The molecule has 0 spiro atoms. The van der Waals surface area contributed by atoms with Crippen LogP contribution in [0.25, 0.3) is 0 Å². The Morgan fingerprint density at radius 2 is 2.05 bits per heavy atom. The molecule has 0 fully saturated rings. The van der Waals surface area contributed by atoms with E-state index in [0.29, 0.717) is 13.0 Å². The number of halogens is 2. The molecule has 1 aromatic rings. The van der Waals surface area contributed by atoms with Gasteiger partial charge in [-0.15, -0.1) is 0 Å². The number of nitrogens with one attached hydrogen (secondary N) is 1. The molecule has 0 bridgehead atoms. The number of sulfone groups is 1. The van der Waals surface area contributed by atoms with Gasteiger partial charge < -0.3 is 10.1 Å². The first-order valence-corrected chi connectivity index (χ1v) is 8.33. The number of hydrogen-bond acceptors (Lipinski definition) is 4. The Balaban J connectivity index is 2.85. The van der Waals surface area contributed by atoms with Gasteiger partial charge in [0.1, 0.15) is 15.6 Å². The standard InChI is InChI=1S/C13H19F2NO3S/c1-3-16-12(7-8-20(2,17)18)10-5-4-6-11(9-10)19-13(14)15/h4-6,9,12-13,16H,3,7-8H2,1-2H3. The molecule has 4 nitrogen and oxygen atoms in total. The molecule has 1 atom stereocenters. The minimum atomic E-state index is -3.07. The maximum Gasteiger partial charge on any atom is 0.387 e. The minimum Gasteiger partial charge on any atom is -0.435 e. The van der Waals surface area contributed by atoms with Crippen LogP contribution >= 0.6 is 0 Å². The zero-order chi connectivity index (χ0) is 15.2. The molecule has 0 aromatic heterocycles. The van der Waals surface area contributed by atoms with Crippen LogP contribution in [0.5, 0.6) is 5.75 Å². The van der Waals surface area contributed by atoms with E-state index in [1.54, 1.807) is 12.1 Å². The lowest BCUT2D eigenvalue weighted by atomic mass is 10.0. The van der Waals surface area contributed by atoms with E-state index in [4.69, 9.17) is 0 Å². The van der Waals surface area contributed by atoms with E-state index in [9.17, 15) is 17.2 Å². The van der Waals surface area contributed by atoms with Crippen LogP contribution in [0.1, 0.15) is 24.9 Å². The SMILES string of the molecule is CCNC(CCS(C)(=O)=O)c1cccc(OC(F)F)c1. The van der Waals surface area contributed by atoms with Crippen LogP contribution in [-0.4, -0.2) is 33.6 Å². The Kier molecular flexibility index (Phi) is 6.35. The van der Waals surface area contributed by atoms with Gasteiger partial charge in [-0.2, -0.15) is 8.78 Å². The third kappa shape index (κ3) is 6.29. The van der Waals surface area contributed by atoms with Crippen molar-refractivity contribution in [1.29, 1.82) is 0 Å². The predicted octanol–water partition coefficient (Wildman–Crippen LogP) is 2.37. The average Bonchev–Trinajstić information content (AvgIpc) is 2.33. The van der Waals surface area contributed by atoms with Crippen molar-refractivity contribution in [3.8, 4) is 5.75 Å². The van der Waals surface area contributed by atoms with E-state index in [1.165, 1.54) is 18.4 Å². The first-order chi connectivity index (χ1) is 9.31. The van der Waals surface area contributed by atoms with Gasteiger partial charge in [0.05, 0.1) is 5.75 Å². The summed E-state index contributed by atoms with van der Waals surface area (Å²) in [6.07, 6.45) is 1.55. The molecule has 1 aromatic carbocycles. The van der Waals surface area contributed by atoms with Crippen molar-refractivity contribution in [2.75, 3.05) is 18.6 Å². The van der Waals surface area contributed by atoms with Crippen molar-refractivity contribution in [1.82, 2.24) is 5.32 Å². The van der Waals surface area contributed by atoms with Crippen molar-refractivity contribution in [2.45, 2.75) is 26.0 Å². The van der Waals surface area contributed by atoms with Gasteiger partial charge in [0, 0.05) is 12.3 Å². The Bertz CT molecular complexity index is 520. The number of benzene rings is 1. The topological polar surface area (TPSA) is 55.4 Å². The molecule has 20 heavy (non-hydrogen) atoms. The number of alkyl halides is 2. The zero-order valence-electron chi connectivity index (χ0n) is 11.5. The van der Waals surface area contributed by atoms with Gasteiger partial charge in [-0.25, -0.2) is 8.42 Å². The molecule has 1 rings (SSSR count). The summed E-state index contributed by atoms with van der Waals surface area (Å²) < 4.78 is 51.2. The lowest BCUT2D eigenvalue weighted by Gasteiger charge is -2.18. The first-order valence-electron chi connectivity index (χ1n) is 6.27. The summed E-state index contributed by atoms with van der Waals surface area (Å²) in [6, 6.07) is 6.10. The molecule has 0 aliphatic heterocycles. The second kappa shape index (κ2) is 7.54. The molecule has 7 heteroatoms. The molecule has 114 valence electrons. The maximum atomic E-state index is 12.2. The van der Waals surface area contributed by atoms with Gasteiger partial charge in [0.15, 0.2) is 0 Å². The Labute approximate surface area is 118 Å². The summed E-state index contributed by atoms with van der Waals surface area (Å²) in [4.78, 5) is 0. The molecule has 1 N–H and O–H groups in total. The summed E-state index contributed by atoms with van der Waals surface area (Å²) in [7, 11) is -3.07. The van der Waals surface area contributed by atoms with Gasteiger partial charge in [-0.05, 0) is 30.7 Å². The molecule has 0 radical (unpaired) electrons. The quantitative estimate of drug-likeness (QED) is 0.801. The number of rotatable bonds is 8. The van der Waals surface area contributed by atoms with Crippen LogP contribution in [0.15, 0.2) is 24.3 Å². The van der Waals surface area contributed by atoms with Gasteiger partial charge >= 0.3 is 6.61 Å². The Morgan fingerprint density at radius 1 is 1.35 bits per heavy atom. The fraction of sp³-hybridized carbons (Fsp3) is 0.538. The number of hydrogen-bond donors (Lipinski definition) is 1.